The molecule has 0 fully saturated rings. The maximum atomic E-state index is 5.98. The van der Waals surface area contributed by atoms with Crippen molar-refractivity contribution >= 4 is 0 Å². The minimum Gasteiger partial charge on any atom is -0.374 e. The molecule has 0 aromatic heterocycles. The van der Waals surface area contributed by atoms with Crippen molar-refractivity contribution in [1.29, 1.82) is 0 Å². The third kappa shape index (κ3) is 4.32. The normalized spacial score (nSPS) is 19.3. The van der Waals surface area contributed by atoms with Crippen LogP contribution in [0.25, 0.3) is 0 Å². The van der Waals surface area contributed by atoms with E-state index in [9.17, 15) is 0 Å². The Morgan fingerprint density at radius 2 is 2.05 bits per heavy atom. The largest absolute Gasteiger partial charge is 0.374 e. The zero-order valence-electron chi connectivity index (χ0n) is 13.4. The van der Waals surface area contributed by atoms with Crippen LogP contribution in [0.2, 0.25) is 0 Å². The summed E-state index contributed by atoms with van der Waals surface area (Å²) >= 11 is 0. The number of fused-ring (bicyclic) bond motifs is 1. The van der Waals surface area contributed by atoms with Gasteiger partial charge in [0.15, 0.2) is 0 Å². The summed E-state index contributed by atoms with van der Waals surface area (Å²) in [7, 11) is 0. The monoisotopic (exact) mass is 275 g/mol. The van der Waals surface area contributed by atoms with Crippen molar-refractivity contribution in [2.75, 3.05) is 13.2 Å². The molecule has 2 heteroatoms. The zero-order chi connectivity index (χ0) is 14.6. The molecule has 0 heterocycles. The van der Waals surface area contributed by atoms with Crippen LogP contribution in [0.1, 0.15) is 57.6 Å². The SMILES string of the molecule is CCCNC(COC(C)(C)C)CC1Cc2ccccc21. The van der Waals surface area contributed by atoms with Gasteiger partial charge in [-0.25, -0.2) is 0 Å². The highest BCUT2D eigenvalue weighted by Crippen LogP contribution is 2.38. The number of benzene rings is 1. The highest BCUT2D eigenvalue weighted by molar-refractivity contribution is 5.39. The van der Waals surface area contributed by atoms with Gasteiger partial charge in [0, 0.05) is 6.04 Å². The van der Waals surface area contributed by atoms with Gasteiger partial charge in [0.05, 0.1) is 12.2 Å². The summed E-state index contributed by atoms with van der Waals surface area (Å²) in [6, 6.07) is 9.31. The van der Waals surface area contributed by atoms with Crippen LogP contribution in [-0.2, 0) is 11.2 Å². The van der Waals surface area contributed by atoms with Crippen LogP contribution in [0.15, 0.2) is 24.3 Å². The van der Waals surface area contributed by atoms with E-state index in [0.29, 0.717) is 12.0 Å². The van der Waals surface area contributed by atoms with Crippen LogP contribution in [0.5, 0.6) is 0 Å². The molecule has 112 valence electrons. The molecule has 1 N–H and O–H groups in total. The fourth-order valence-corrected chi connectivity index (χ4v) is 2.83. The van der Waals surface area contributed by atoms with E-state index < -0.39 is 0 Å². The first-order valence-corrected chi connectivity index (χ1v) is 7.94. The lowest BCUT2D eigenvalue weighted by Crippen LogP contribution is -2.39. The molecule has 20 heavy (non-hydrogen) atoms. The van der Waals surface area contributed by atoms with Gasteiger partial charge in [0.1, 0.15) is 0 Å². The molecule has 2 nitrogen and oxygen atoms in total. The Kier molecular flexibility index (Phi) is 5.22. The fraction of sp³-hybridized carbons (Fsp3) is 0.667. The number of ether oxygens (including phenoxy) is 1. The summed E-state index contributed by atoms with van der Waals surface area (Å²) in [5, 5.41) is 3.65. The minimum atomic E-state index is -0.0519. The first kappa shape index (κ1) is 15.5. The lowest BCUT2D eigenvalue weighted by molar-refractivity contribution is -0.0164. The first-order valence-electron chi connectivity index (χ1n) is 7.94. The van der Waals surface area contributed by atoms with Gasteiger partial charge in [-0.3, -0.25) is 0 Å². The van der Waals surface area contributed by atoms with Crippen molar-refractivity contribution in [2.45, 2.75) is 64.5 Å². The molecule has 0 saturated carbocycles. The van der Waals surface area contributed by atoms with E-state index in [1.807, 2.05) is 0 Å². The van der Waals surface area contributed by atoms with Gasteiger partial charge < -0.3 is 10.1 Å². The second-order valence-corrected chi connectivity index (χ2v) is 6.91. The van der Waals surface area contributed by atoms with Gasteiger partial charge >= 0.3 is 0 Å². The molecular weight excluding hydrogens is 246 g/mol. The quantitative estimate of drug-likeness (QED) is 0.815. The second-order valence-electron chi connectivity index (χ2n) is 6.91. The molecule has 0 radical (unpaired) electrons. The van der Waals surface area contributed by atoms with E-state index in [2.05, 4.69) is 57.3 Å². The molecular formula is C18H29NO. The Labute approximate surface area is 123 Å². The summed E-state index contributed by atoms with van der Waals surface area (Å²) in [4.78, 5) is 0. The fourth-order valence-electron chi connectivity index (χ4n) is 2.83. The predicted octanol–water partition coefficient (Wildman–Crippen LogP) is 3.90. The Hall–Kier alpha value is -0.860. The molecule has 1 aromatic rings. The molecule has 0 amide bonds. The molecule has 0 aliphatic heterocycles. The number of hydrogen-bond donors (Lipinski definition) is 1. The van der Waals surface area contributed by atoms with Gasteiger partial charge in [0.2, 0.25) is 0 Å². The van der Waals surface area contributed by atoms with Crippen LogP contribution in [0, 0.1) is 0 Å². The van der Waals surface area contributed by atoms with Crippen molar-refractivity contribution < 1.29 is 4.74 Å². The minimum absolute atomic E-state index is 0.0519. The Morgan fingerprint density at radius 3 is 2.70 bits per heavy atom. The van der Waals surface area contributed by atoms with Crippen LogP contribution >= 0.6 is 0 Å². The van der Waals surface area contributed by atoms with Crippen LogP contribution in [0.3, 0.4) is 0 Å². The average Bonchev–Trinajstić information content (AvgIpc) is 2.37. The predicted molar refractivity (Wildman–Crippen MR) is 85.3 cm³/mol. The standard InChI is InChI=1S/C18H29NO/c1-5-10-19-16(13-20-18(2,3)4)12-15-11-14-8-6-7-9-17(14)15/h6-9,15-16,19H,5,10-13H2,1-4H3. The molecule has 0 saturated heterocycles. The molecule has 2 rings (SSSR count). The summed E-state index contributed by atoms with van der Waals surface area (Å²) in [6.07, 6.45) is 3.59. The third-order valence-corrected chi connectivity index (χ3v) is 3.93. The smallest absolute Gasteiger partial charge is 0.0626 e. The number of nitrogens with one attached hydrogen (secondary N) is 1. The van der Waals surface area contributed by atoms with E-state index in [0.717, 1.165) is 13.2 Å². The lowest BCUT2D eigenvalue weighted by atomic mass is 9.74. The van der Waals surface area contributed by atoms with Gasteiger partial charge in [-0.2, -0.15) is 0 Å². The molecule has 1 aliphatic rings. The second kappa shape index (κ2) is 6.73. The van der Waals surface area contributed by atoms with Crippen LogP contribution in [0.4, 0.5) is 0 Å². The topological polar surface area (TPSA) is 21.3 Å². The lowest BCUT2D eigenvalue weighted by Gasteiger charge is -2.34. The first-order chi connectivity index (χ1) is 9.49. The van der Waals surface area contributed by atoms with Gasteiger partial charge in [0.25, 0.3) is 0 Å². The summed E-state index contributed by atoms with van der Waals surface area (Å²) in [6.45, 7) is 10.5. The highest BCUT2D eigenvalue weighted by Gasteiger charge is 2.28. The van der Waals surface area contributed by atoms with Crippen LogP contribution < -0.4 is 5.32 Å². The molecule has 0 spiro atoms. The van der Waals surface area contributed by atoms with Gasteiger partial charge in [-0.1, -0.05) is 31.2 Å². The molecule has 1 aromatic carbocycles. The van der Waals surface area contributed by atoms with E-state index in [-0.39, 0.29) is 5.60 Å². The van der Waals surface area contributed by atoms with Gasteiger partial charge in [-0.15, -0.1) is 0 Å². The van der Waals surface area contributed by atoms with Crippen LogP contribution in [-0.4, -0.2) is 24.8 Å². The van der Waals surface area contributed by atoms with Gasteiger partial charge in [-0.05, 0) is 63.6 Å². The average molecular weight is 275 g/mol. The Balaban J connectivity index is 1.88. The maximum absolute atomic E-state index is 5.98. The summed E-state index contributed by atoms with van der Waals surface area (Å²) in [5.74, 6) is 0.712. The van der Waals surface area contributed by atoms with E-state index in [1.54, 1.807) is 5.56 Å². The third-order valence-electron chi connectivity index (χ3n) is 3.93. The Bertz CT molecular complexity index is 422. The van der Waals surface area contributed by atoms with Crippen molar-refractivity contribution in [2.24, 2.45) is 0 Å². The van der Waals surface area contributed by atoms with Crippen molar-refractivity contribution in [3.05, 3.63) is 35.4 Å². The number of hydrogen-bond acceptors (Lipinski definition) is 2. The van der Waals surface area contributed by atoms with Crippen molar-refractivity contribution in [3.63, 3.8) is 0 Å². The Morgan fingerprint density at radius 1 is 1.30 bits per heavy atom. The number of rotatable bonds is 7. The summed E-state index contributed by atoms with van der Waals surface area (Å²) in [5.41, 5.74) is 3.03. The van der Waals surface area contributed by atoms with Crippen molar-refractivity contribution in [3.8, 4) is 0 Å². The van der Waals surface area contributed by atoms with E-state index in [1.165, 1.54) is 24.8 Å². The highest BCUT2D eigenvalue weighted by atomic mass is 16.5. The molecule has 0 bridgehead atoms. The zero-order valence-corrected chi connectivity index (χ0v) is 13.4. The maximum Gasteiger partial charge on any atom is 0.0626 e. The van der Waals surface area contributed by atoms with E-state index >= 15 is 0 Å². The summed E-state index contributed by atoms with van der Waals surface area (Å²) < 4.78 is 5.98. The van der Waals surface area contributed by atoms with Crippen molar-refractivity contribution in [1.82, 2.24) is 5.32 Å². The molecule has 1 aliphatic carbocycles. The van der Waals surface area contributed by atoms with E-state index in [4.69, 9.17) is 4.74 Å². The molecule has 2 unspecified atom stereocenters. The molecule has 2 atom stereocenters.